The van der Waals surface area contributed by atoms with Crippen molar-refractivity contribution in [2.45, 2.75) is 50.4 Å². The fourth-order valence-electron chi connectivity index (χ4n) is 1.99. The molecule has 0 saturated carbocycles. The van der Waals surface area contributed by atoms with E-state index in [4.69, 9.17) is 0 Å². The van der Waals surface area contributed by atoms with Gasteiger partial charge in [0, 0.05) is 0 Å². The molecule has 1 rings (SSSR count). The lowest BCUT2D eigenvalue weighted by molar-refractivity contribution is 0.870. The molecule has 0 radical (unpaired) electrons. The van der Waals surface area contributed by atoms with E-state index in [1.54, 1.807) is 0 Å². The van der Waals surface area contributed by atoms with Crippen molar-refractivity contribution in [2.75, 3.05) is 0 Å². The standard InChI is InChI=1S/C10H22Si2/c1-11(2,3)9-7-8-10(9)12(4,5)6/h7-10H,1-6H3/t9-,10-/m0/s1. The molecule has 0 aromatic heterocycles. The van der Waals surface area contributed by atoms with Crippen LogP contribution in [0.5, 0.6) is 0 Å². The Hall–Kier alpha value is 0.174. The highest BCUT2D eigenvalue weighted by atomic mass is 28.3. The second-order valence-corrected chi connectivity index (χ2v) is 17.0. The zero-order valence-electron chi connectivity index (χ0n) is 9.31. The third-order valence-corrected chi connectivity index (χ3v) is 8.35. The summed E-state index contributed by atoms with van der Waals surface area (Å²) in [4.78, 5) is 0. The van der Waals surface area contributed by atoms with Crippen molar-refractivity contribution < 1.29 is 0 Å². The molecule has 0 unspecified atom stereocenters. The molecular weight excluding hydrogens is 176 g/mol. The Bertz CT molecular complexity index is 171. The van der Waals surface area contributed by atoms with Gasteiger partial charge in [0.15, 0.2) is 0 Å². The third kappa shape index (κ3) is 1.91. The molecule has 12 heavy (non-hydrogen) atoms. The van der Waals surface area contributed by atoms with Crippen LogP contribution in [0.25, 0.3) is 0 Å². The van der Waals surface area contributed by atoms with Crippen molar-refractivity contribution in [3.8, 4) is 0 Å². The Morgan fingerprint density at radius 1 is 0.667 bits per heavy atom. The van der Waals surface area contributed by atoms with Crippen LogP contribution in [0.4, 0.5) is 0 Å². The third-order valence-electron chi connectivity index (χ3n) is 2.91. The minimum atomic E-state index is -0.899. The molecule has 2 atom stereocenters. The molecule has 0 aromatic carbocycles. The lowest BCUT2D eigenvalue weighted by atomic mass is 10.1. The molecule has 0 heterocycles. The van der Waals surface area contributed by atoms with Gasteiger partial charge in [-0.25, -0.2) is 0 Å². The second kappa shape index (κ2) is 2.84. The zero-order chi connectivity index (χ0) is 9.57. The highest BCUT2D eigenvalue weighted by Crippen LogP contribution is 2.49. The largest absolute Gasteiger partial charge is 0.0878 e. The average Bonchev–Trinajstić information content (AvgIpc) is 1.46. The average molecular weight is 198 g/mol. The van der Waals surface area contributed by atoms with Gasteiger partial charge in [-0.2, -0.15) is 0 Å². The summed E-state index contributed by atoms with van der Waals surface area (Å²) in [6.45, 7) is 15.0. The van der Waals surface area contributed by atoms with E-state index in [1.807, 2.05) is 0 Å². The van der Waals surface area contributed by atoms with E-state index in [9.17, 15) is 0 Å². The summed E-state index contributed by atoms with van der Waals surface area (Å²) in [6, 6.07) is 0. The monoisotopic (exact) mass is 198 g/mol. The Morgan fingerprint density at radius 3 is 1.00 bits per heavy atom. The van der Waals surface area contributed by atoms with Gasteiger partial charge in [0.25, 0.3) is 0 Å². The van der Waals surface area contributed by atoms with Gasteiger partial charge < -0.3 is 0 Å². The first kappa shape index (κ1) is 10.3. The van der Waals surface area contributed by atoms with E-state index in [0.717, 1.165) is 11.1 Å². The predicted octanol–water partition coefficient (Wildman–Crippen LogP) is 3.97. The Kier molecular flexibility index (Phi) is 2.43. The first-order chi connectivity index (χ1) is 5.23. The Morgan fingerprint density at radius 2 is 0.917 bits per heavy atom. The van der Waals surface area contributed by atoms with Gasteiger partial charge in [-0.15, -0.1) is 0 Å². The van der Waals surface area contributed by atoms with Crippen LogP contribution in [-0.4, -0.2) is 16.1 Å². The van der Waals surface area contributed by atoms with Crippen molar-refractivity contribution in [3.63, 3.8) is 0 Å². The summed E-state index contributed by atoms with van der Waals surface area (Å²) in [6.07, 6.45) is 4.93. The molecule has 70 valence electrons. The van der Waals surface area contributed by atoms with E-state index in [1.165, 1.54) is 0 Å². The molecular formula is C10H22Si2. The summed E-state index contributed by atoms with van der Waals surface area (Å²) in [7, 11) is -1.80. The number of rotatable bonds is 2. The molecule has 0 bridgehead atoms. The van der Waals surface area contributed by atoms with Crippen molar-refractivity contribution in [3.05, 3.63) is 12.2 Å². The summed E-state index contributed by atoms with van der Waals surface area (Å²) < 4.78 is 0. The minimum Gasteiger partial charge on any atom is -0.0878 e. The van der Waals surface area contributed by atoms with Crippen LogP contribution in [0.2, 0.25) is 50.4 Å². The molecule has 0 fully saturated rings. The first-order valence-corrected chi connectivity index (χ1v) is 12.1. The topological polar surface area (TPSA) is 0 Å². The number of allylic oxidation sites excluding steroid dienone is 2. The van der Waals surface area contributed by atoms with Crippen molar-refractivity contribution in [1.82, 2.24) is 0 Å². The number of hydrogen-bond acceptors (Lipinski definition) is 0. The summed E-state index contributed by atoms with van der Waals surface area (Å²) >= 11 is 0. The highest BCUT2D eigenvalue weighted by Gasteiger charge is 2.41. The maximum Gasteiger partial charge on any atom is 0.0517 e. The van der Waals surface area contributed by atoms with Gasteiger partial charge in [-0.1, -0.05) is 51.4 Å². The van der Waals surface area contributed by atoms with Crippen LogP contribution in [0, 0.1) is 0 Å². The van der Waals surface area contributed by atoms with Crippen LogP contribution in [0.3, 0.4) is 0 Å². The van der Waals surface area contributed by atoms with Gasteiger partial charge in [-0.05, 0) is 11.1 Å². The van der Waals surface area contributed by atoms with E-state index in [0.29, 0.717) is 0 Å². The van der Waals surface area contributed by atoms with Gasteiger partial charge >= 0.3 is 0 Å². The SMILES string of the molecule is C[Si](C)(C)[C@H]1C=C[C@@H]1[Si](C)(C)C. The summed E-state index contributed by atoms with van der Waals surface area (Å²) in [5, 5.41) is 0. The molecule has 0 saturated heterocycles. The van der Waals surface area contributed by atoms with E-state index < -0.39 is 16.1 Å². The van der Waals surface area contributed by atoms with Crippen LogP contribution in [-0.2, 0) is 0 Å². The van der Waals surface area contributed by atoms with Gasteiger partial charge in [-0.3, -0.25) is 0 Å². The molecule has 0 spiro atoms. The molecule has 1 aliphatic rings. The van der Waals surface area contributed by atoms with Gasteiger partial charge in [0.05, 0.1) is 16.1 Å². The predicted molar refractivity (Wildman–Crippen MR) is 63.3 cm³/mol. The molecule has 0 aliphatic heterocycles. The zero-order valence-corrected chi connectivity index (χ0v) is 11.3. The van der Waals surface area contributed by atoms with Crippen LogP contribution in [0.1, 0.15) is 0 Å². The first-order valence-electron chi connectivity index (χ1n) is 4.91. The maximum absolute atomic E-state index is 2.49. The molecule has 0 nitrogen and oxygen atoms in total. The quantitative estimate of drug-likeness (QED) is 0.465. The molecule has 1 aliphatic carbocycles. The van der Waals surface area contributed by atoms with Crippen LogP contribution < -0.4 is 0 Å². The van der Waals surface area contributed by atoms with E-state index in [-0.39, 0.29) is 0 Å². The fourth-order valence-corrected chi connectivity index (χ4v) is 8.74. The lowest BCUT2D eigenvalue weighted by Crippen LogP contribution is -2.42. The lowest BCUT2D eigenvalue weighted by Gasteiger charge is -2.44. The summed E-state index contributed by atoms with van der Waals surface area (Å²) in [5.41, 5.74) is 1.95. The molecule has 0 aromatic rings. The molecule has 0 N–H and O–H groups in total. The van der Waals surface area contributed by atoms with E-state index in [2.05, 4.69) is 51.4 Å². The fraction of sp³-hybridized carbons (Fsp3) is 0.800. The Balaban J connectivity index is 2.71. The molecule has 2 heteroatoms. The number of hydrogen-bond donors (Lipinski definition) is 0. The second-order valence-electron chi connectivity index (χ2n) is 6.17. The van der Waals surface area contributed by atoms with Crippen molar-refractivity contribution in [1.29, 1.82) is 0 Å². The maximum atomic E-state index is 2.49. The highest BCUT2D eigenvalue weighted by molar-refractivity contribution is 6.84. The summed E-state index contributed by atoms with van der Waals surface area (Å²) in [5.74, 6) is 0. The van der Waals surface area contributed by atoms with Gasteiger partial charge in [0.2, 0.25) is 0 Å². The van der Waals surface area contributed by atoms with Crippen LogP contribution >= 0.6 is 0 Å². The van der Waals surface area contributed by atoms with Crippen molar-refractivity contribution in [2.24, 2.45) is 0 Å². The Labute approximate surface area is 79.1 Å². The normalized spacial score (nSPS) is 30.2. The van der Waals surface area contributed by atoms with Gasteiger partial charge in [0.1, 0.15) is 0 Å². The minimum absolute atomic E-state index is 0.899. The smallest absolute Gasteiger partial charge is 0.0517 e. The van der Waals surface area contributed by atoms with Crippen molar-refractivity contribution >= 4 is 16.1 Å². The van der Waals surface area contributed by atoms with Crippen LogP contribution in [0.15, 0.2) is 12.2 Å². The molecule has 0 amide bonds. The van der Waals surface area contributed by atoms with E-state index >= 15 is 0 Å².